The molecule has 1 aromatic rings. The van der Waals surface area contributed by atoms with E-state index < -0.39 is 0 Å². The van der Waals surface area contributed by atoms with Crippen molar-refractivity contribution in [3.05, 3.63) is 29.3 Å². The summed E-state index contributed by atoms with van der Waals surface area (Å²) in [5.74, 6) is 0.828. The fraction of sp³-hybridized carbons (Fsp3) is 0.562. The molecule has 1 amide bonds. The van der Waals surface area contributed by atoms with Crippen LogP contribution in [0.2, 0.25) is 0 Å². The zero-order valence-electron chi connectivity index (χ0n) is 11.3. The van der Waals surface area contributed by atoms with Crippen LogP contribution in [0, 0.1) is 0 Å². The third-order valence-electron chi connectivity index (χ3n) is 4.16. The van der Waals surface area contributed by atoms with Crippen molar-refractivity contribution in [1.82, 2.24) is 5.32 Å². The van der Waals surface area contributed by atoms with Crippen molar-refractivity contribution in [1.29, 1.82) is 0 Å². The smallest absolute Gasteiger partial charge is 0.258 e. The lowest BCUT2D eigenvalue weighted by atomic mass is 10.1. The monoisotopic (exact) mass is 259 g/mol. The van der Waals surface area contributed by atoms with Gasteiger partial charge in [-0.25, -0.2) is 0 Å². The van der Waals surface area contributed by atoms with Crippen molar-refractivity contribution >= 4 is 5.91 Å². The predicted molar refractivity (Wildman–Crippen MR) is 74.4 cm³/mol. The Labute approximate surface area is 114 Å². The number of hydrogen-bond acceptors (Lipinski definition) is 2. The van der Waals surface area contributed by atoms with Crippen LogP contribution in [-0.2, 0) is 17.6 Å². The number of nitrogens with one attached hydrogen (secondary N) is 1. The molecule has 0 heterocycles. The van der Waals surface area contributed by atoms with E-state index in [1.807, 2.05) is 6.07 Å². The van der Waals surface area contributed by atoms with Gasteiger partial charge in [0, 0.05) is 6.04 Å². The first-order chi connectivity index (χ1) is 9.31. The highest BCUT2D eigenvalue weighted by Gasteiger charge is 2.17. The maximum absolute atomic E-state index is 11.8. The number of aryl methyl sites for hydroxylation is 2. The molecular weight excluding hydrogens is 238 g/mol. The van der Waals surface area contributed by atoms with Gasteiger partial charge in [0.1, 0.15) is 5.75 Å². The van der Waals surface area contributed by atoms with Gasteiger partial charge in [0.25, 0.3) is 5.91 Å². The summed E-state index contributed by atoms with van der Waals surface area (Å²) in [6.45, 7) is 0.134. The summed E-state index contributed by atoms with van der Waals surface area (Å²) in [5, 5.41) is 3.04. The lowest BCUT2D eigenvalue weighted by Crippen LogP contribution is -2.36. The minimum absolute atomic E-state index is 0.00685. The van der Waals surface area contributed by atoms with Crippen LogP contribution in [0.15, 0.2) is 18.2 Å². The van der Waals surface area contributed by atoms with Gasteiger partial charge in [-0.15, -0.1) is 0 Å². The summed E-state index contributed by atoms with van der Waals surface area (Å²) in [6.07, 6.45) is 8.25. The second-order valence-corrected chi connectivity index (χ2v) is 5.62. The molecule has 2 aliphatic rings. The van der Waals surface area contributed by atoms with Gasteiger partial charge in [0.2, 0.25) is 0 Å². The number of fused-ring (bicyclic) bond motifs is 1. The zero-order chi connectivity index (χ0) is 13.1. The predicted octanol–water partition coefficient (Wildman–Crippen LogP) is 2.61. The molecule has 0 unspecified atom stereocenters. The molecule has 0 atom stereocenters. The SMILES string of the molecule is O=C(COc1ccc2c(c1)CCC2)NC1CCCC1. The van der Waals surface area contributed by atoms with E-state index in [4.69, 9.17) is 4.74 Å². The van der Waals surface area contributed by atoms with Crippen molar-refractivity contribution in [2.75, 3.05) is 6.61 Å². The van der Waals surface area contributed by atoms with Crippen LogP contribution in [0.5, 0.6) is 5.75 Å². The lowest BCUT2D eigenvalue weighted by molar-refractivity contribution is -0.123. The highest BCUT2D eigenvalue weighted by Crippen LogP contribution is 2.26. The molecule has 102 valence electrons. The van der Waals surface area contributed by atoms with E-state index >= 15 is 0 Å². The average Bonchev–Trinajstić information content (AvgIpc) is 3.06. The molecule has 19 heavy (non-hydrogen) atoms. The summed E-state index contributed by atoms with van der Waals surface area (Å²) >= 11 is 0. The van der Waals surface area contributed by atoms with Crippen LogP contribution in [-0.4, -0.2) is 18.6 Å². The summed E-state index contributed by atoms with van der Waals surface area (Å²) in [5.41, 5.74) is 2.82. The van der Waals surface area contributed by atoms with Crippen molar-refractivity contribution in [2.45, 2.75) is 51.0 Å². The van der Waals surface area contributed by atoms with E-state index in [9.17, 15) is 4.79 Å². The van der Waals surface area contributed by atoms with Gasteiger partial charge in [-0.1, -0.05) is 18.9 Å². The molecule has 1 N–H and O–H groups in total. The van der Waals surface area contributed by atoms with E-state index in [-0.39, 0.29) is 12.5 Å². The number of carbonyl (C=O) groups excluding carboxylic acids is 1. The Morgan fingerprint density at radius 3 is 2.79 bits per heavy atom. The number of rotatable bonds is 4. The number of amides is 1. The van der Waals surface area contributed by atoms with Crippen LogP contribution in [0.4, 0.5) is 0 Å². The molecule has 0 saturated heterocycles. The van der Waals surface area contributed by atoms with E-state index in [2.05, 4.69) is 17.4 Å². The van der Waals surface area contributed by atoms with Gasteiger partial charge < -0.3 is 10.1 Å². The Kier molecular flexibility index (Phi) is 3.72. The quantitative estimate of drug-likeness (QED) is 0.902. The minimum Gasteiger partial charge on any atom is -0.484 e. The molecular formula is C16H21NO2. The topological polar surface area (TPSA) is 38.3 Å². The Hall–Kier alpha value is -1.51. The highest BCUT2D eigenvalue weighted by atomic mass is 16.5. The summed E-state index contributed by atoms with van der Waals surface area (Å²) < 4.78 is 5.59. The van der Waals surface area contributed by atoms with E-state index in [0.717, 1.165) is 25.0 Å². The Morgan fingerprint density at radius 1 is 1.16 bits per heavy atom. The van der Waals surface area contributed by atoms with E-state index in [1.54, 1.807) is 0 Å². The first-order valence-corrected chi connectivity index (χ1v) is 7.35. The number of benzene rings is 1. The molecule has 0 spiro atoms. The molecule has 0 bridgehead atoms. The number of hydrogen-bond donors (Lipinski definition) is 1. The molecule has 2 aliphatic carbocycles. The largest absolute Gasteiger partial charge is 0.484 e. The molecule has 3 heteroatoms. The van der Waals surface area contributed by atoms with Gasteiger partial charge in [0.05, 0.1) is 0 Å². The molecule has 1 fully saturated rings. The Bertz CT molecular complexity index is 464. The highest BCUT2D eigenvalue weighted by molar-refractivity contribution is 5.77. The molecule has 3 rings (SSSR count). The van der Waals surface area contributed by atoms with Crippen LogP contribution >= 0.6 is 0 Å². The normalized spacial score (nSPS) is 18.3. The first-order valence-electron chi connectivity index (χ1n) is 7.35. The van der Waals surface area contributed by atoms with Gasteiger partial charge in [-0.2, -0.15) is 0 Å². The summed E-state index contributed by atoms with van der Waals surface area (Å²) in [7, 11) is 0. The molecule has 0 radical (unpaired) electrons. The number of ether oxygens (including phenoxy) is 1. The van der Waals surface area contributed by atoms with Gasteiger partial charge in [-0.3, -0.25) is 4.79 Å². The standard InChI is InChI=1S/C16H21NO2/c18-16(17-14-6-1-2-7-14)11-19-15-9-8-12-4-3-5-13(12)10-15/h8-10,14H,1-7,11H2,(H,17,18). The zero-order valence-corrected chi connectivity index (χ0v) is 11.3. The van der Waals surface area contributed by atoms with Crippen LogP contribution < -0.4 is 10.1 Å². The van der Waals surface area contributed by atoms with Crippen molar-refractivity contribution in [3.63, 3.8) is 0 Å². The third kappa shape index (κ3) is 3.09. The summed E-state index contributed by atoms with van der Waals surface area (Å²) in [6, 6.07) is 6.57. The van der Waals surface area contributed by atoms with E-state index in [1.165, 1.54) is 36.8 Å². The maximum atomic E-state index is 11.8. The fourth-order valence-corrected chi connectivity index (χ4v) is 3.13. The van der Waals surface area contributed by atoms with Crippen LogP contribution in [0.3, 0.4) is 0 Å². The van der Waals surface area contributed by atoms with Crippen molar-refractivity contribution in [3.8, 4) is 5.75 Å². The average molecular weight is 259 g/mol. The third-order valence-corrected chi connectivity index (χ3v) is 4.16. The molecule has 0 aliphatic heterocycles. The van der Waals surface area contributed by atoms with Crippen LogP contribution in [0.1, 0.15) is 43.2 Å². The van der Waals surface area contributed by atoms with Crippen molar-refractivity contribution in [2.24, 2.45) is 0 Å². The summed E-state index contributed by atoms with van der Waals surface area (Å²) in [4.78, 5) is 11.8. The first kappa shape index (κ1) is 12.5. The van der Waals surface area contributed by atoms with Gasteiger partial charge in [0.15, 0.2) is 6.61 Å². The second kappa shape index (κ2) is 5.64. The minimum atomic E-state index is 0.00685. The van der Waals surface area contributed by atoms with Gasteiger partial charge >= 0.3 is 0 Å². The molecule has 1 saturated carbocycles. The Balaban J connectivity index is 1.50. The van der Waals surface area contributed by atoms with Crippen LogP contribution in [0.25, 0.3) is 0 Å². The number of carbonyl (C=O) groups is 1. The molecule has 1 aromatic carbocycles. The van der Waals surface area contributed by atoms with Gasteiger partial charge in [-0.05, 0) is 55.4 Å². The molecule has 0 aromatic heterocycles. The molecule has 3 nitrogen and oxygen atoms in total. The Morgan fingerprint density at radius 2 is 1.95 bits per heavy atom. The fourth-order valence-electron chi connectivity index (χ4n) is 3.13. The lowest BCUT2D eigenvalue weighted by Gasteiger charge is -2.13. The second-order valence-electron chi connectivity index (χ2n) is 5.62. The van der Waals surface area contributed by atoms with E-state index in [0.29, 0.717) is 6.04 Å². The maximum Gasteiger partial charge on any atom is 0.258 e. The van der Waals surface area contributed by atoms with Crippen molar-refractivity contribution < 1.29 is 9.53 Å².